The second-order valence-electron chi connectivity index (χ2n) is 6.51. The summed E-state index contributed by atoms with van der Waals surface area (Å²) >= 11 is 1.66. The molecule has 0 spiro atoms. The number of aliphatic hydroxyl groups excluding tert-OH is 1. The number of aliphatic hydroxyl groups is 1. The monoisotopic (exact) mass is 390 g/mol. The maximum absolute atomic E-state index is 10.5. The first-order chi connectivity index (χ1) is 13.0. The fraction of sp³-hybridized carbons (Fsp3) is 0.500. The standard InChI is InChI=1S/C20H30N4O2S/c1-5-21-20(22-10-9-17-13-27-15(4)24-17)23-12-19(25)16-7-6-8-18(11-16)26-14(2)3/h6-8,11,13-14,19,25H,5,9-10,12H2,1-4H3,(H2,21,22,23). The number of benzene rings is 1. The van der Waals surface area contributed by atoms with Gasteiger partial charge in [0.1, 0.15) is 5.75 Å². The average Bonchev–Trinajstić information content (AvgIpc) is 3.04. The molecule has 1 atom stereocenters. The van der Waals surface area contributed by atoms with Gasteiger partial charge in [-0.3, -0.25) is 4.99 Å². The molecule has 1 aromatic heterocycles. The number of nitrogens with one attached hydrogen (secondary N) is 2. The molecule has 1 unspecified atom stereocenters. The molecule has 0 saturated carbocycles. The van der Waals surface area contributed by atoms with Gasteiger partial charge in [0.25, 0.3) is 0 Å². The molecule has 0 fully saturated rings. The van der Waals surface area contributed by atoms with E-state index in [1.165, 1.54) is 0 Å². The van der Waals surface area contributed by atoms with Crippen LogP contribution in [0.5, 0.6) is 5.75 Å². The zero-order valence-corrected chi connectivity index (χ0v) is 17.3. The summed E-state index contributed by atoms with van der Waals surface area (Å²) in [4.78, 5) is 8.96. The van der Waals surface area contributed by atoms with Crippen LogP contribution in [0.25, 0.3) is 0 Å². The van der Waals surface area contributed by atoms with Crippen molar-refractivity contribution in [3.05, 3.63) is 45.9 Å². The highest BCUT2D eigenvalue weighted by Gasteiger charge is 2.09. The Hall–Kier alpha value is -2.12. The van der Waals surface area contributed by atoms with E-state index in [9.17, 15) is 5.11 Å². The van der Waals surface area contributed by atoms with Crippen molar-refractivity contribution in [2.24, 2.45) is 4.99 Å². The highest BCUT2D eigenvalue weighted by molar-refractivity contribution is 7.09. The second-order valence-corrected chi connectivity index (χ2v) is 7.57. The zero-order chi connectivity index (χ0) is 19.6. The number of rotatable bonds is 9. The Balaban J connectivity index is 1.90. The summed E-state index contributed by atoms with van der Waals surface area (Å²) in [5.41, 5.74) is 1.88. The molecule has 148 valence electrons. The average molecular weight is 391 g/mol. The largest absolute Gasteiger partial charge is 0.491 e. The Morgan fingerprint density at radius 3 is 2.81 bits per heavy atom. The van der Waals surface area contributed by atoms with Gasteiger partial charge < -0.3 is 20.5 Å². The third-order valence-electron chi connectivity index (χ3n) is 3.72. The van der Waals surface area contributed by atoms with Gasteiger partial charge in [0.05, 0.1) is 29.5 Å². The molecule has 0 aliphatic heterocycles. The summed E-state index contributed by atoms with van der Waals surface area (Å²) < 4.78 is 5.69. The third kappa shape index (κ3) is 7.56. The fourth-order valence-electron chi connectivity index (χ4n) is 2.52. The van der Waals surface area contributed by atoms with E-state index in [1.807, 2.05) is 52.0 Å². The molecule has 0 amide bonds. The predicted molar refractivity (Wildman–Crippen MR) is 112 cm³/mol. The number of ether oxygens (including phenoxy) is 1. The van der Waals surface area contributed by atoms with Crippen LogP contribution in [0, 0.1) is 6.92 Å². The van der Waals surface area contributed by atoms with Gasteiger partial charge in [-0.05, 0) is 45.4 Å². The van der Waals surface area contributed by atoms with Gasteiger partial charge in [0, 0.05) is 24.9 Å². The topological polar surface area (TPSA) is 78.8 Å². The molecule has 0 aliphatic carbocycles. The molecule has 6 nitrogen and oxygen atoms in total. The van der Waals surface area contributed by atoms with Gasteiger partial charge in [-0.1, -0.05) is 12.1 Å². The summed E-state index contributed by atoms with van der Waals surface area (Å²) in [5, 5.41) is 20.1. The van der Waals surface area contributed by atoms with Gasteiger partial charge >= 0.3 is 0 Å². The van der Waals surface area contributed by atoms with E-state index in [0.717, 1.165) is 41.5 Å². The molecule has 1 aromatic carbocycles. The normalized spacial score (nSPS) is 12.9. The van der Waals surface area contributed by atoms with Crippen LogP contribution in [0.2, 0.25) is 0 Å². The number of aliphatic imine (C=N–C) groups is 1. The lowest BCUT2D eigenvalue weighted by atomic mass is 10.1. The predicted octanol–water partition coefficient (Wildman–Crippen LogP) is 3.07. The SMILES string of the molecule is CCNC(=NCC(O)c1cccc(OC(C)C)c1)NCCc1csc(C)n1. The lowest BCUT2D eigenvalue weighted by Gasteiger charge is -2.15. The number of guanidine groups is 1. The van der Waals surface area contributed by atoms with Crippen molar-refractivity contribution >= 4 is 17.3 Å². The smallest absolute Gasteiger partial charge is 0.191 e. The Bertz CT molecular complexity index is 730. The van der Waals surface area contributed by atoms with E-state index in [0.29, 0.717) is 5.96 Å². The number of nitrogens with zero attached hydrogens (tertiary/aromatic N) is 2. The minimum atomic E-state index is -0.683. The maximum Gasteiger partial charge on any atom is 0.191 e. The van der Waals surface area contributed by atoms with E-state index in [-0.39, 0.29) is 12.6 Å². The lowest BCUT2D eigenvalue weighted by Crippen LogP contribution is -2.38. The van der Waals surface area contributed by atoms with Crippen LogP contribution in [0.1, 0.15) is 43.1 Å². The van der Waals surface area contributed by atoms with Crippen LogP contribution < -0.4 is 15.4 Å². The fourth-order valence-corrected chi connectivity index (χ4v) is 3.17. The van der Waals surface area contributed by atoms with Crippen molar-refractivity contribution in [1.82, 2.24) is 15.6 Å². The van der Waals surface area contributed by atoms with E-state index < -0.39 is 6.10 Å². The van der Waals surface area contributed by atoms with Crippen molar-refractivity contribution in [3.63, 3.8) is 0 Å². The first-order valence-corrected chi connectivity index (χ1v) is 10.2. The van der Waals surface area contributed by atoms with Crippen molar-refractivity contribution in [2.75, 3.05) is 19.6 Å². The quantitative estimate of drug-likeness (QED) is 0.453. The summed E-state index contributed by atoms with van der Waals surface area (Å²) in [6.07, 6.45) is 0.255. The summed E-state index contributed by atoms with van der Waals surface area (Å²) in [6.45, 7) is 9.76. The molecular weight excluding hydrogens is 360 g/mol. The molecular formula is C20H30N4O2S. The van der Waals surface area contributed by atoms with E-state index in [2.05, 4.69) is 26.0 Å². The van der Waals surface area contributed by atoms with Crippen LogP contribution in [0.15, 0.2) is 34.6 Å². The van der Waals surface area contributed by atoms with Crippen LogP contribution in [-0.2, 0) is 6.42 Å². The highest BCUT2D eigenvalue weighted by Crippen LogP contribution is 2.20. The van der Waals surface area contributed by atoms with Crippen molar-refractivity contribution < 1.29 is 9.84 Å². The van der Waals surface area contributed by atoms with Gasteiger partial charge in [0.2, 0.25) is 0 Å². The van der Waals surface area contributed by atoms with Gasteiger partial charge in [-0.15, -0.1) is 11.3 Å². The molecule has 0 bridgehead atoms. The second kappa shape index (κ2) is 10.9. The van der Waals surface area contributed by atoms with Crippen LogP contribution >= 0.6 is 11.3 Å². The minimum absolute atomic E-state index is 0.0986. The maximum atomic E-state index is 10.5. The third-order valence-corrected chi connectivity index (χ3v) is 4.54. The molecule has 2 aromatic rings. The lowest BCUT2D eigenvalue weighted by molar-refractivity contribution is 0.185. The Morgan fingerprint density at radius 2 is 2.15 bits per heavy atom. The number of hydrogen-bond donors (Lipinski definition) is 3. The summed E-state index contributed by atoms with van der Waals surface area (Å²) in [6, 6.07) is 7.54. The number of thiazole rings is 1. The van der Waals surface area contributed by atoms with Crippen molar-refractivity contribution in [1.29, 1.82) is 0 Å². The minimum Gasteiger partial charge on any atom is -0.491 e. The van der Waals surface area contributed by atoms with Crippen molar-refractivity contribution in [3.8, 4) is 5.75 Å². The summed E-state index contributed by atoms with van der Waals surface area (Å²) in [7, 11) is 0. The van der Waals surface area contributed by atoms with Gasteiger partial charge in [-0.25, -0.2) is 4.98 Å². The van der Waals surface area contributed by atoms with Crippen molar-refractivity contribution in [2.45, 2.75) is 46.3 Å². The number of aromatic nitrogens is 1. The molecule has 1 heterocycles. The highest BCUT2D eigenvalue weighted by atomic mass is 32.1. The molecule has 0 aliphatic rings. The van der Waals surface area contributed by atoms with E-state index in [1.54, 1.807) is 11.3 Å². The Labute approximate surface area is 165 Å². The molecule has 7 heteroatoms. The van der Waals surface area contributed by atoms with Crippen LogP contribution in [-0.4, -0.2) is 41.8 Å². The van der Waals surface area contributed by atoms with E-state index >= 15 is 0 Å². The Kier molecular flexibility index (Phi) is 8.54. The van der Waals surface area contributed by atoms with Gasteiger partial charge in [-0.2, -0.15) is 0 Å². The molecule has 0 radical (unpaired) electrons. The molecule has 27 heavy (non-hydrogen) atoms. The molecule has 3 N–H and O–H groups in total. The molecule has 2 rings (SSSR count). The zero-order valence-electron chi connectivity index (χ0n) is 16.5. The van der Waals surface area contributed by atoms with Gasteiger partial charge in [0.15, 0.2) is 5.96 Å². The summed E-state index contributed by atoms with van der Waals surface area (Å²) in [5.74, 6) is 1.45. The van der Waals surface area contributed by atoms with Crippen LogP contribution in [0.3, 0.4) is 0 Å². The van der Waals surface area contributed by atoms with Crippen LogP contribution in [0.4, 0.5) is 0 Å². The Morgan fingerprint density at radius 1 is 1.33 bits per heavy atom. The molecule has 0 saturated heterocycles. The first-order valence-electron chi connectivity index (χ1n) is 9.35. The number of hydrogen-bond acceptors (Lipinski definition) is 5. The number of aryl methyl sites for hydroxylation is 1. The van der Waals surface area contributed by atoms with E-state index in [4.69, 9.17) is 4.74 Å². The first kappa shape index (κ1) is 21.2.